The molecule has 1 aliphatic carbocycles. The maximum absolute atomic E-state index is 13.7. The van der Waals surface area contributed by atoms with Gasteiger partial charge in [0.15, 0.2) is 11.5 Å². The van der Waals surface area contributed by atoms with Crippen LogP contribution >= 0.6 is 0 Å². The van der Waals surface area contributed by atoms with Crippen molar-refractivity contribution < 1.29 is 28.5 Å². The van der Waals surface area contributed by atoms with E-state index in [1.54, 1.807) is 32.4 Å². The fourth-order valence-electron chi connectivity index (χ4n) is 5.32. The molecule has 0 aliphatic heterocycles. The summed E-state index contributed by atoms with van der Waals surface area (Å²) < 4.78 is 22.2. The number of rotatable bonds is 10. The lowest BCUT2D eigenvalue weighted by Crippen LogP contribution is -2.39. The highest BCUT2D eigenvalue weighted by molar-refractivity contribution is 5.96. The Morgan fingerprint density at radius 2 is 1.70 bits per heavy atom. The number of anilines is 2. The normalized spacial score (nSPS) is 14.4. The van der Waals surface area contributed by atoms with Crippen molar-refractivity contribution in [3.8, 4) is 34.3 Å². The Bertz CT molecular complexity index is 1560. The van der Waals surface area contributed by atoms with Crippen LogP contribution in [0.1, 0.15) is 44.4 Å². The number of methoxy groups -OCH3 is 4. The smallest absolute Gasteiger partial charge is 0.247 e. The molecule has 2 unspecified atom stereocenters. The van der Waals surface area contributed by atoms with Crippen molar-refractivity contribution in [2.75, 3.05) is 39.1 Å². The van der Waals surface area contributed by atoms with E-state index in [1.165, 1.54) is 33.4 Å². The molecule has 0 bridgehead atoms. The van der Waals surface area contributed by atoms with E-state index in [9.17, 15) is 14.4 Å². The third-order valence-corrected chi connectivity index (χ3v) is 7.39. The lowest BCUT2D eigenvalue weighted by Gasteiger charge is -2.22. The second-order valence-corrected chi connectivity index (χ2v) is 10.5. The molecule has 0 saturated heterocycles. The number of aryl methyl sites for hydroxylation is 1. The number of fused-ring (bicyclic) bond motifs is 3. The number of hydrogen-bond acceptors (Lipinski definition) is 9. The minimum atomic E-state index is -0.741. The topological polar surface area (TPSA) is 137 Å². The molecule has 43 heavy (non-hydrogen) atoms. The third-order valence-electron chi connectivity index (χ3n) is 7.39. The Labute approximate surface area is 250 Å². The van der Waals surface area contributed by atoms with Gasteiger partial charge in [-0.25, -0.2) is 4.98 Å². The minimum Gasteiger partial charge on any atom is -0.493 e. The summed E-state index contributed by atoms with van der Waals surface area (Å²) in [5, 5.41) is 9.02. The zero-order chi connectivity index (χ0) is 31.3. The number of ether oxygens (including phenoxy) is 4. The zero-order valence-electron chi connectivity index (χ0n) is 25.5. The van der Waals surface area contributed by atoms with Crippen molar-refractivity contribution in [2.24, 2.45) is 5.92 Å². The monoisotopic (exact) mass is 590 g/mol. The van der Waals surface area contributed by atoms with Crippen LogP contribution in [-0.2, 0) is 16.0 Å². The van der Waals surface area contributed by atoms with Gasteiger partial charge < -0.3 is 34.9 Å². The Morgan fingerprint density at radius 1 is 0.953 bits per heavy atom. The van der Waals surface area contributed by atoms with Crippen molar-refractivity contribution in [3.05, 3.63) is 63.9 Å². The first-order chi connectivity index (χ1) is 20.6. The van der Waals surface area contributed by atoms with Gasteiger partial charge in [0, 0.05) is 18.6 Å². The zero-order valence-corrected chi connectivity index (χ0v) is 25.5. The number of carbonyl (C=O) groups excluding carboxylic acids is 2. The number of amides is 2. The summed E-state index contributed by atoms with van der Waals surface area (Å²) >= 11 is 0. The molecule has 11 nitrogen and oxygen atoms in total. The molecule has 0 spiro atoms. The van der Waals surface area contributed by atoms with Gasteiger partial charge in [-0.2, -0.15) is 0 Å². The molecule has 2 aromatic carbocycles. The van der Waals surface area contributed by atoms with Crippen LogP contribution in [0.25, 0.3) is 11.1 Å². The van der Waals surface area contributed by atoms with Crippen molar-refractivity contribution in [1.29, 1.82) is 0 Å². The van der Waals surface area contributed by atoms with Crippen LogP contribution in [0.5, 0.6) is 23.1 Å². The number of nitrogens with one attached hydrogen (secondary N) is 3. The maximum Gasteiger partial charge on any atom is 0.247 e. The summed E-state index contributed by atoms with van der Waals surface area (Å²) in [4.78, 5) is 43.4. The van der Waals surface area contributed by atoms with Gasteiger partial charge in [0.1, 0.15) is 6.04 Å². The lowest BCUT2D eigenvalue weighted by atomic mass is 9.95. The van der Waals surface area contributed by atoms with Crippen LogP contribution in [0.2, 0.25) is 0 Å². The summed E-state index contributed by atoms with van der Waals surface area (Å²) in [5.41, 5.74) is 3.40. The number of aromatic nitrogens is 1. The summed E-state index contributed by atoms with van der Waals surface area (Å²) in [6.07, 6.45) is 2.63. The summed E-state index contributed by atoms with van der Waals surface area (Å²) in [7, 11) is 6.15. The van der Waals surface area contributed by atoms with Crippen molar-refractivity contribution in [3.63, 3.8) is 0 Å². The van der Waals surface area contributed by atoms with Gasteiger partial charge in [-0.1, -0.05) is 19.9 Å². The molecule has 11 heteroatoms. The predicted molar refractivity (Wildman–Crippen MR) is 164 cm³/mol. The molecule has 228 valence electrons. The summed E-state index contributed by atoms with van der Waals surface area (Å²) in [6.45, 7) is 5.22. The lowest BCUT2D eigenvalue weighted by molar-refractivity contribution is -0.120. The SMILES string of the molecule is COc1ccc(NC(=O)C(Nc2ccc3c(cc2=O)C(NC(C)=O)CCc2cc(OC)c(OC)c(OC)c2-3)C(C)C)cn1. The van der Waals surface area contributed by atoms with Gasteiger partial charge in [-0.15, -0.1) is 0 Å². The largest absolute Gasteiger partial charge is 0.493 e. The Hall–Kier alpha value is -4.80. The predicted octanol–water partition coefficient (Wildman–Crippen LogP) is 4.34. The van der Waals surface area contributed by atoms with Crippen molar-refractivity contribution in [1.82, 2.24) is 10.3 Å². The van der Waals surface area contributed by atoms with Gasteiger partial charge in [0.05, 0.1) is 52.1 Å². The number of pyridine rings is 1. The highest BCUT2D eigenvalue weighted by atomic mass is 16.5. The van der Waals surface area contributed by atoms with E-state index in [4.69, 9.17) is 18.9 Å². The van der Waals surface area contributed by atoms with Crippen molar-refractivity contribution in [2.45, 2.75) is 45.7 Å². The highest BCUT2D eigenvalue weighted by Gasteiger charge is 2.30. The molecule has 0 fully saturated rings. The van der Waals surface area contributed by atoms with E-state index in [-0.39, 0.29) is 28.8 Å². The van der Waals surface area contributed by atoms with E-state index >= 15 is 0 Å². The highest BCUT2D eigenvalue weighted by Crippen LogP contribution is 2.50. The maximum atomic E-state index is 13.7. The average Bonchev–Trinajstić information content (AvgIpc) is 3.23. The van der Waals surface area contributed by atoms with Crippen LogP contribution < -0.4 is 40.3 Å². The molecule has 2 amide bonds. The Kier molecular flexibility index (Phi) is 9.74. The molecule has 3 N–H and O–H groups in total. The third kappa shape index (κ3) is 6.66. The average molecular weight is 591 g/mol. The minimum absolute atomic E-state index is 0.168. The van der Waals surface area contributed by atoms with Gasteiger partial charge in [-0.05, 0) is 59.7 Å². The van der Waals surface area contributed by atoms with Gasteiger partial charge in [-0.3, -0.25) is 14.4 Å². The summed E-state index contributed by atoms with van der Waals surface area (Å²) in [5.74, 6) is 1.12. The van der Waals surface area contributed by atoms with E-state index in [1.807, 2.05) is 26.0 Å². The first-order valence-electron chi connectivity index (χ1n) is 14.0. The van der Waals surface area contributed by atoms with E-state index in [0.717, 1.165) is 11.1 Å². The first-order valence-corrected chi connectivity index (χ1v) is 14.0. The second-order valence-electron chi connectivity index (χ2n) is 10.5. The fraction of sp³-hybridized carbons (Fsp3) is 0.375. The second kappa shape index (κ2) is 13.5. The standard InChI is InChI=1S/C32H38N4O7/c1-17(2)29(32(39)35-20-9-13-27(41-5)33-16-20)36-24-12-10-21-22(15-25(24)38)23(34-18(3)37)11-8-19-14-26(40-4)30(42-6)31(43-7)28(19)21/h9-10,12-17,23,29H,8,11H2,1-7H3,(H,34,37)(H,35,39)(H,36,38). The van der Waals surface area contributed by atoms with E-state index in [2.05, 4.69) is 20.9 Å². The number of carbonyl (C=O) groups is 2. The number of benzene rings is 1. The Morgan fingerprint density at radius 3 is 2.28 bits per heavy atom. The molecular formula is C32H38N4O7. The van der Waals surface area contributed by atoms with Crippen LogP contribution in [-0.4, -0.2) is 51.3 Å². The molecule has 0 saturated carbocycles. The van der Waals surface area contributed by atoms with E-state index < -0.39 is 12.1 Å². The van der Waals surface area contributed by atoms with Gasteiger partial charge in [0.25, 0.3) is 0 Å². The van der Waals surface area contributed by atoms with Crippen LogP contribution in [0.3, 0.4) is 0 Å². The van der Waals surface area contributed by atoms with Gasteiger partial charge >= 0.3 is 0 Å². The molecule has 1 aromatic heterocycles. The van der Waals surface area contributed by atoms with E-state index in [0.29, 0.717) is 52.8 Å². The van der Waals surface area contributed by atoms with Crippen LogP contribution in [0.4, 0.5) is 11.4 Å². The number of hydrogen-bond donors (Lipinski definition) is 3. The molecule has 0 radical (unpaired) electrons. The van der Waals surface area contributed by atoms with Crippen LogP contribution in [0, 0.1) is 5.92 Å². The van der Waals surface area contributed by atoms with Gasteiger partial charge in [0.2, 0.25) is 28.9 Å². The fourth-order valence-corrected chi connectivity index (χ4v) is 5.32. The molecule has 1 aliphatic rings. The summed E-state index contributed by atoms with van der Waals surface area (Å²) in [6, 6.07) is 9.05. The quantitative estimate of drug-likeness (QED) is 0.315. The van der Waals surface area contributed by atoms with Crippen molar-refractivity contribution >= 4 is 23.2 Å². The Balaban J connectivity index is 1.82. The molecule has 1 heterocycles. The molecular weight excluding hydrogens is 552 g/mol. The van der Waals surface area contributed by atoms with Crippen LogP contribution in [0.15, 0.2) is 47.4 Å². The molecule has 3 aromatic rings. The molecule has 2 atom stereocenters. The first kappa shape index (κ1) is 31.1. The molecule has 4 rings (SSSR count). The number of nitrogens with zero attached hydrogens (tertiary/aromatic N) is 1.